The van der Waals surface area contributed by atoms with Gasteiger partial charge in [0.05, 0.1) is 7.11 Å². The van der Waals surface area contributed by atoms with Crippen LogP contribution >= 0.6 is 0 Å². The predicted octanol–water partition coefficient (Wildman–Crippen LogP) is 2.68. The maximum atomic E-state index is 12.3. The molecule has 25 heavy (non-hydrogen) atoms. The molecule has 0 radical (unpaired) electrons. The Bertz CT molecular complexity index is 596. The van der Waals surface area contributed by atoms with E-state index in [-0.39, 0.29) is 17.9 Å². The van der Waals surface area contributed by atoms with E-state index in [0.717, 1.165) is 24.3 Å². The number of rotatable bonds is 5. The fourth-order valence-corrected chi connectivity index (χ4v) is 3.65. The number of amides is 3. The van der Waals surface area contributed by atoms with Crippen LogP contribution in [-0.2, 0) is 4.79 Å². The zero-order valence-corrected chi connectivity index (χ0v) is 14.8. The summed E-state index contributed by atoms with van der Waals surface area (Å²) in [6.45, 7) is 1.16. The monoisotopic (exact) mass is 345 g/mol. The average Bonchev–Trinajstić information content (AvgIpc) is 3.02. The number of ether oxygens (including phenoxy) is 1. The molecule has 1 aromatic carbocycles. The number of nitrogens with one attached hydrogen (secondary N) is 2. The molecule has 0 unspecified atom stereocenters. The lowest BCUT2D eigenvalue weighted by atomic mass is 9.96. The van der Waals surface area contributed by atoms with Crippen molar-refractivity contribution < 1.29 is 14.3 Å². The van der Waals surface area contributed by atoms with Crippen molar-refractivity contribution in [2.45, 2.75) is 44.6 Å². The van der Waals surface area contributed by atoms with E-state index in [2.05, 4.69) is 10.6 Å². The topological polar surface area (TPSA) is 70.7 Å². The average molecular weight is 345 g/mol. The summed E-state index contributed by atoms with van der Waals surface area (Å²) in [6.07, 6.45) is 6.26. The second kappa shape index (κ2) is 8.23. The molecule has 1 heterocycles. The molecule has 2 fully saturated rings. The third-order valence-corrected chi connectivity index (χ3v) is 5.08. The van der Waals surface area contributed by atoms with Crippen LogP contribution in [-0.4, -0.2) is 38.2 Å². The van der Waals surface area contributed by atoms with Gasteiger partial charge in [-0.15, -0.1) is 0 Å². The first-order valence-electron chi connectivity index (χ1n) is 9.14. The molecule has 6 heteroatoms. The van der Waals surface area contributed by atoms with E-state index >= 15 is 0 Å². The molecule has 0 bridgehead atoms. The smallest absolute Gasteiger partial charge is 0.315 e. The molecule has 136 valence electrons. The van der Waals surface area contributed by atoms with Crippen LogP contribution in [0.1, 0.15) is 38.5 Å². The van der Waals surface area contributed by atoms with Crippen molar-refractivity contribution in [2.24, 2.45) is 5.92 Å². The lowest BCUT2D eigenvalue weighted by molar-refractivity contribution is -0.117. The Morgan fingerprint density at radius 2 is 1.92 bits per heavy atom. The fourth-order valence-electron chi connectivity index (χ4n) is 3.65. The Balaban J connectivity index is 1.46. The van der Waals surface area contributed by atoms with Gasteiger partial charge < -0.3 is 20.3 Å². The van der Waals surface area contributed by atoms with Crippen LogP contribution in [0.3, 0.4) is 0 Å². The lowest BCUT2D eigenvalue weighted by Gasteiger charge is -2.23. The Morgan fingerprint density at radius 1 is 1.20 bits per heavy atom. The molecule has 1 aliphatic heterocycles. The van der Waals surface area contributed by atoms with Crippen molar-refractivity contribution in [1.29, 1.82) is 0 Å². The highest BCUT2D eigenvalue weighted by Gasteiger charge is 2.30. The second-order valence-electron chi connectivity index (χ2n) is 6.96. The molecule has 1 saturated carbocycles. The Labute approximate surface area is 148 Å². The van der Waals surface area contributed by atoms with Crippen molar-refractivity contribution in [3.8, 4) is 5.75 Å². The van der Waals surface area contributed by atoms with Crippen LogP contribution in [0.5, 0.6) is 5.75 Å². The number of anilines is 1. The molecule has 1 aromatic rings. The van der Waals surface area contributed by atoms with Gasteiger partial charge in [-0.2, -0.15) is 0 Å². The summed E-state index contributed by atoms with van der Waals surface area (Å²) >= 11 is 0. The van der Waals surface area contributed by atoms with Crippen molar-refractivity contribution >= 4 is 17.6 Å². The quantitative estimate of drug-likeness (QED) is 0.862. The molecule has 3 rings (SSSR count). The van der Waals surface area contributed by atoms with Crippen LogP contribution in [0.25, 0.3) is 0 Å². The molecule has 3 amide bonds. The van der Waals surface area contributed by atoms with Crippen molar-refractivity contribution in [1.82, 2.24) is 10.6 Å². The maximum absolute atomic E-state index is 12.3. The highest BCUT2D eigenvalue weighted by Crippen LogP contribution is 2.26. The SMILES string of the molecule is COc1ccc(N2C[C@@H](CNC(=O)NC3CCCCC3)CC2=O)cc1. The summed E-state index contributed by atoms with van der Waals surface area (Å²) < 4.78 is 5.15. The third kappa shape index (κ3) is 4.65. The number of methoxy groups -OCH3 is 1. The molecule has 2 aliphatic rings. The first kappa shape index (κ1) is 17.6. The Kier molecular flexibility index (Phi) is 5.79. The van der Waals surface area contributed by atoms with Gasteiger partial charge in [0.2, 0.25) is 5.91 Å². The largest absolute Gasteiger partial charge is 0.497 e. The minimum absolute atomic E-state index is 0.102. The number of benzene rings is 1. The van der Waals surface area contributed by atoms with Crippen LogP contribution < -0.4 is 20.3 Å². The van der Waals surface area contributed by atoms with E-state index in [1.54, 1.807) is 12.0 Å². The van der Waals surface area contributed by atoms with Gasteiger partial charge in [-0.25, -0.2) is 4.79 Å². The maximum Gasteiger partial charge on any atom is 0.315 e. The first-order valence-corrected chi connectivity index (χ1v) is 9.14. The van der Waals surface area contributed by atoms with Gasteiger partial charge in [0.15, 0.2) is 0 Å². The molecule has 1 aliphatic carbocycles. The molecular formula is C19H27N3O3. The van der Waals surface area contributed by atoms with Gasteiger partial charge in [-0.3, -0.25) is 4.79 Å². The third-order valence-electron chi connectivity index (χ3n) is 5.08. The van der Waals surface area contributed by atoms with Crippen LogP contribution in [0.2, 0.25) is 0 Å². The number of hydrogen-bond acceptors (Lipinski definition) is 3. The Morgan fingerprint density at radius 3 is 2.60 bits per heavy atom. The Hall–Kier alpha value is -2.24. The van der Waals surface area contributed by atoms with Gasteiger partial charge in [-0.1, -0.05) is 19.3 Å². The van der Waals surface area contributed by atoms with E-state index < -0.39 is 0 Å². The zero-order valence-electron chi connectivity index (χ0n) is 14.8. The van der Waals surface area contributed by atoms with Gasteiger partial charge >= 0.3 is 6.03 Å². The zero-order chi connectivity index (χ0) is 17.6. The van der Waals surface area contributed by atoms with Crippen LogP contribution in [0, 0.1) is 5.92 Å². The van der Waals surface area contributed by atoms with E-state index in [4.69, 9.17) is 4.74 Å². The van der Waals surface area contributed by atoms with E-state index in [0.29, 0.717) is 25.6 Å². The van der Waals surface area contributed by atoms with E-state index in [9.17, 15) is 9.59 Å². The highest BCUT2D eigenvalue weighted by atomic mass is 16.5. The first-order chi connectivity index (χ1) is 12.2. The minimum Gasteiger partial charge on any atom is -0.497 e. The van der Waals surface area contributed by atoms with Gasteiger partial charge in [0.1, 0.15) is 5.75 Å². The van der Waals surface area contributed by atoms with Crippen molar-refractivity contribution in [3.63, 3.8) is 0 Å². The van der Waals surface area contributed by atoms with E-state index in [1.165, 1.54) is 19.3 Å². The number of nitrogens with zero attached hydrogens (tertiary/aromatic N) is 1. The number of hydrogen-bond donors (Lipinski definition) is 2. The molecule has 0 spiro atoms. The van der Waals surface area contributed by atoms with Gasteiger partial charge in [0, 0.05) is 37.2 Å². The number of carbonyl (C=O) groups excluding carboxylic acids is 2. The lowest BCUT2D eigenvalue weighted by Crippen LogP contribution is -2.44. The summed E-state index contributed by atoms with van der Waals surface area (Å²) in [4.78, 5) is 26.1. The number of carbonyl (C=O) groups is 2. The molecule has 6 nitrogen and oxygen atoms in total. The summed E-state index contributed by atoms with van der Waals surface area (Å²) in [5.41, 5.74) is 0.875. The molecule has 1 atom stereocenters. The summed E-state index contributed by atoms with van der Waals surface area (Å²) in [6, 6.07) is 7.68. The van der Waals surface area contributed by atoms with Gasteiger partial charge in [0.25, 0.3) is 0 Å². The molecular weight excluding hydrogens is 318 g/mol. The normalized spacial score (nSPS) is 21.2. The van der Waals surface area contributed by atoms with Crippen molar-refractivity contribution in [2.75, 3.05) is 25.1 Å². The van der Waals surface area contributed by atoms with Crippen LogP contribution in [0.4, 0.5) is 10.5 Å². The molecule has 2 N–H and O–H groups in total. The fraction of sp³-hybridized carbons (Fsp3) is 0.579. The highest BCUT2D eigenvalue weighted by molar-refractivity contribution is 5.95. The molecule has 0 aromatic heterocycles. The standard InChI is InChI=1S/C19H27N3O3/c1-25-17-9-7-16(8-10-17)22-13-14(11-18(22)23)12-20-19(24)21-15-5-3-2-4-6-15/h7-10,14-15H,2-6,11-13H2,1H3,(H2,20,21,24)/t14-/m1/s1. The van der Waals surface area contributed by atoms with E-state index in [1.807, 2.05) is 24.3 Å². The number of urea groups is 1. The summed E-state index contributed by atoms with van der Waals surface area (Å²) in [5, 5.41) is 5.98. The van der Waals surface area contributed by atoms with Crippen molar-refractivity contribution in [3.05, 3.63) is 24.3 Å². The molecule has 1 saturated heterocycles. The van der Waals surface area contributed by atoms with Gasteiger partial charge in [-0.05, 0) is 37.1 Å². The second-order valence-corrected chi connectivity index (χ2v) is 6.96. The predicted molar refractivity (Wildman–Crippen MR) is 96.9 cm³/mol. The van der Waals surface area contributed by atoms with Crippen LogP contribution in [0.15, 0.2) is 24.3 Å². The summed E-state index contributed by atoms with van der Waals surface area (Å²) in [5.74, 6) is 1.02. The summed E-state index contributed by atoms with van der Waals surface area (Å²) in [7, 11) is 1.62. The minimum atomic E-state index is -0.109.